The minimum absolute atomic E-state index is 0.0772. The lowest BCUT2D eigenvalue weighted by molar-refractivity contribution is 0.0679. The third kappa shape index (κ3) is 4.29. The lowest BCUT2D eigenvalue weighted by Crippen LogP contribution is -2.15. The van der Waals surface area contributed by atoms with Crippen LogP contribution >= 0.6 is 0 Å². The summed E-state index contributed by atoms with van der Waals surface area (Å²) in [7, 11) is 0. The molecule has 142 valence electrons. The number of ether oxygens (including phenoxy) is 2. The Labute approximate surface area is 164 Å². The highest BCUT2D eigenvalue weighted by Crippen LogP contribution is 2.39. The Bertz CT molecular complexity index is 976. The van der Waals surface area contributed by atoms with Gasteiger partial charge < -0.3 is 9.47 Å². The number of rotatable bonds is 5. The first kappa shape index (κ1) is 19.4. The van der Waals surface area contributed by atoms with Crippen LogP contribution in [0.5, 0.6) is 11.5 Å². The van der Waals surface area contributed by atoms with Crippen molar-refractivity contribution in [3.05, 3.63) is 95.1 Å². The Kier molecular flexibility index (Phi) is 5.90. The van der Waals surface area contributed by atoms with Crippen LogP contribution in [-0.4, -0.2) is 11.9 Å². The van der Waals surface area contributed by atoms with Crippen LogP contribution in [0, 0.1) is 6.92 Å². The van der Waals surface area contributed by atoms with Crippen molar-refractivity contribution in [1.29, 1.82) is 0 Å². The normalized spacial score (nSPS) is 10.6. The fraction of sp³-hybridized carbons (Fsp3) is 0.167. The first-order valence-electron chi connectivity index (χ1n) is 9.15. The van der Waals surface area contributed by atoms with Crippen molar-refractivity contribution in [3.8, 4) is 11.5 Å². The van der Waals surface area contributed by atoms with E-state index in [1.165, 1.54) is 0 Å². The predicted octanol–water partition coefficient (Wildman–Crippen LogP) is 5.56. The maximum atomic E-state index is 12.6. The lowest BCUT2D eigenvalue weighted by atomic mass is 9.99. The molecule has 0 spiro atoms. The largest absolute Gasteiger partial charge is 0.419 e. The molecule has 4 heteroatoms. The summed E-state index contributed by atoms with van der Waals surface area (Å²) in [5.41, 5.74) is 2.37. The molecule has 0 atom stereocenters. The van der Waals surface area contributed by atoms with Crippen LogP contribution < -0.4 is 9.47 Å². The van der Waals surface area contributed by atoms with E-state index in [0.29, 0.717) is 16.7 Å². The first-order valence-corrected chi connectivity index (χ1v) is 9.15. The van der Waals surface area contributed by atoms with E-state index >= 15 is 0 Å². The zero-order valence-corrected chi connectivity index (χ0v) is 16.1. The van der Waals surface area contributed by atoms with E-state index in [4.69, 9.17) is 9.47 Å². The van der Waals surface area contributed by atoms with Gasteiger partial charge in [-0.3, -0.25) is 0 Å². The quantitative estimate of drug-likeness (QED) is 0.433. The molecule has 0 N–H and O–H groups in total. The standard InChI is InChI=1S/C24H22O4/c1-16(2)20-15-14-17(3)21(27-23(25)18-10-6-4-7-11-18)22(20)28-24(26)19-12-8-5-9-13-19/h4-16H,1-3H3. The highest BCUT2D eigenvalue weighted by Gasteiger charge is 2.22. The van der Waals surface area contributed by atoms with E-state index in [1.54, 1.807) is 48.5 Å². The number of carbonyl (C=O) groups excluding carboxylic acids is 2. The van der Waals surface area contributed by atoms with Crippen LogP contribution in [0.15, 0.2) is 72.8 Å². The maximum absolute atomic E-state index is 12.6. The maximum Gasteiger partial charge on any atom is 0.343 e. The highest BCUT2D eigenvalue weighted by atomic mass is 16.6. The van der Waals surface area contributed by atoms with Crippen LogP contribution in [0.4, 0.5) is 0 Å². The van der Waals surface area contributed by atoms with E-state index in [-0.39, 0.29) is 17.4 Å². The predicted molar refractivity (Wildman–Crippen MR) is 108 cm³/mol. The Balaban J connectivity index is 2.00. The molecular formula is C24H22O4. The van der Waals surface area contributed by atoms with Crippen molar-refractivity contribution in [2.24, 2.45) is 0 Å². The summed E-state index contributed by atoms with van der Waals surface area (Å²) in [4.78, 5) is 25.2. The van der Waals surface area contributed by atoms with E-state index < -0.39 is 11.9 Å². The van der Waals surface area contributed by atoms with Crippen molar-refractivity contribution < 1.29 is 19.1 Å². The molecule has 28 heavy (non-hydrogen) atoms. The second kappa shape index (κ2) is 8.53. The zero-order chi connectivity index (χ0) is 20.1. The van der Waals surface area contributed by atoms with Gasteiger partial charge in [0, 0.05) is 5.56 Å². The van der Waals surface area contributed by atoms with Crippen LogP contribution in [-0.2, 0) is 0 Å². The Hall–Kier alpha value is -3.40. The molecule has 0 aliphatic heterocycles. The average molecular weight is 374 g/mol. The SMILES string of the molecule is Cc1ccc(C(C)C)c(OC(=O)c2ccccc2)c1OC(=O)c1ccccc1. The molecule has 3 rings (SSSR count). The van der Waals surface area contributed by atoms with Gasteiger partial charge in [0.2, 0.25) is 0 Å². The third-order valence-corrected chi connectivity index (χ3v) is 4.37. The van der Waals surface area contributed by atoms with Gasteiger partial charge in [-0.1, -0.05) is 62.4 Å². The summed E-state index contributed by atoms with van der Waals surface area (Å²) in [5, 5.41) is 0. The van der Waals surface area contributed by atoms with Crippen molar-refractivity contribution >= 4 is 11.9 Å². The lowest BCUT2D eigenvalue weighted by Gasteiger charge is -2.18. The molecule has 0 heterocycles. The van der Waals surface area contributed by atoms with Crippen molar-refractivity contribution in [2.45, 2.75) is 26.7 Å². The molecule has 0 saturated heterocycles. The highest BCUT2D eigenvalue weighted by molar-refractivity contribution is 5.93. The van der Waals surface area contributed by atoms with Gasteiger partial charge in [0.1, 0.15) is 0 Å². The van der Waals surface area contributed by atoms with Gasteiger partial charge in [0.05, 0.1) is 11.1 Å². The van der Waals surface area contributed by atoms with E-state index in [1.807, 2.05) is 45.0 Å². The molecule has 4 nitrogen and oxygen atoms in total. The Morgan fingerprint density at radius 3 is 1.61 bits per heavy atom. The van der Waals surface area contributed by atoms with Crippen molar-refractivity contribution in [1.82, 2.24) is 0 Å². The average Bonchev–Trinajstić information content (AvgIpc) is 2.71. The Morgan fingerprint density at radius 2 is 1.14 bits per heavy atom. The zero-order valence-electron chi connectivity index (χ0n) is 16.1. The van der Waals surface area contributed by atoms with Gasteiger partial charge in [-0.2, -0.15) is 0 Å². The monoisotopic (exact) mass is 374 g/mol. The number of hydrogen-bond donors (Lipinski definition) is 0. The molecule has 0 amide bonds. The van der Waals surface area contributed by atoms with Crippen LogP contribution in [0.2, 0.25) is 0 Å². The summed E-state index contributed by atoms with van der Waals surface area (Å²) >= 11 is 0. The fourth-order valence-corrected chi connectivity index (χ4v) is 2.81. The summed E-state index contributed by atoms with van der Waals surface area (Å²) < 4.78 is 11.4. The number of benzene rings is 3. The smallest absolute Gasteiger partial charge is 0.343 e. The van der Waals surface area contributed by atoms with Crippen molar-refractivity contribution in [3.63, 3.8) is 0 Å². The minimum Gasteiger partial charge on any atom is -0.419 e. The second-order valence-electron chi connectivity index (χ2n) is 6.80. The van der Waals surface area contributed by atoms with Gasteiger partial charge in [0.15, 0.2) is 11.5 Å². The van der Waals surface area contributed by atoms with Crippen LogP contribution in [0.1, 0.15) is 51.6 Å². The van der Waals surface area contributed by atoms with E-state index in [2.05, 4.69) is 0 Å². The molecule has 0 unspecified atom stereocenters. The number of hydrogen-bond acceptors (Lipinski definition) is 4. The molecule has 3 aromatic carbocycles. The fourth-order valence-electron chi connectivity index (χ4n) is 2.81. The molecule has 0 bridgehead atoms. The molecule has 3 aromatic rings. The number of aryl methyl sites for hydroxylation is 1. The molecule has 0 aliphatic rings. The Morgan fingerprint density at radius 1 is 0.679 bits per heavy atom. The summed E-state index contributed by atoms with van der Waals surface area (Å²) in [6.45, 7) is 5.80. The van der Waals surface area contributed by atoms with Gasteiger partial charge in [-0.05, 0) is 42.7 Å². The van der Waals surface area contributed by atoms with Gasteiger partial charge in [0.25, 0.3) is 0 Å². The first-order chi connectivity index (χ1) is 13.5. The summed E-state index contributed by atoms with van der Waals surface area (Å²) in [5.74, 6) is -0.363. The molecular weight excluding hydrogens is 352 g/mol. The van der Waals surface area contributed by atoms with E-state index in [0.717, 1.165) is 5.56 Å². The van der Waals surface area contributed by atoms with Gasteiger partial charge >= 0.3 is 11.9 Å². The minimum atomic E-state index is -0.499. The molecule has 0 saturated carbocycles. The number of esters is 2. The molecule has 0 aromatic heterocycles. The van der Waals surface area contributed by atoms with E-state index in [9.17, 15) is 9.59 Å². The topological polar surface area (TPSA) is 52.6 Å². The van der Waals surface area contributed by atoms with Crippen LogP contribution in [0.3, 0.4) is 0 Å². The second-order valence-corrected chi connectivity index (χ2v) is 6.80. The van der Waals surface area contributed by atoms with Gasteiger partial charge in [-0.25, -0.2) is 9.59 Å². The summed E-state index contributed by atoms with van der Waals surface area (Å²) in [6, 6.07) is 21.2. The molecule has 0 aliphatic carbocycles. The summed E-state index contributed by atoms with van der Waals surface area (Å²) in [6.07, 6.45) is 0. The molecule has 0 radical (unpaired) electrons. The van der Waals surface area contributed by atoms with Crippen LogP contribution in [0.25, 0.3) is 0 Å². The van der Waals surface area contributed by atoms with Gasteiger partial charge in [-0.15, -0.1) is 0 Å². The number of carbonyl (C=O) groups is 2. The molecule has 0 fully saturated rings. The van der Waals surface area contributed by atoms with Crippen molar-refractivity contribution in [2.75, 3.05) is 0 Å². The third-order valence-electron chi connectivity index (χ3n) is 4.37.